The van der Waals surface area contributed by atoms with Crippen molar-refractivity contribution in [3.8, 4) is 0 Å². The first-order valence-corrected chi connectivity index (χ1v) is 13.5. The van der Waals surface area contributed by atoms with Crippen molar-refractivity contribution in [2.24, 2.45) is 0 Å². The monoisotopic (exact) mass is 522 g/mol. The Labute approximate surface area is 219 Å². The quantitative estimate of drug-likeness (QED) is 0.193. The Morgan fingerprint density at radius 3 is 1.26 bits per heavy atom. The minimum atomic E-state index is 0.0341. The van der Waals surface area contributed by atoms with E-state index in [-0.39, 0.29) is 16.3 Å². The van der Waals surface area contributed by atoms with Crippen LogP contribution in [-0.2, 0) is 4.79 Å². The maximum atomic E-state index is 13.4. The molecule has 4 rings (SSSR count). The second kappa shape index (κ2) is 12.5. The van der Waals surface area contributed by atoms with Crippen LogP contribution in [0.4, 0.5) is 0 Å². The highest BCUT2D eigenvalue weighted by Crippen LogP contribution is 2.42. The molecule has 172 valence electrons. The van der Waals surface area contributed by atoms with Gasteiger partial charge in [0.25, 0.3) is 0 Å². The molecule has 4 aromatic carbocycles. The molecule has 0 saturated heterocycles. The molecule has 0 spiro atoms. The zero-order chi connectivity index (χ0) is 23.8. The van der Waals surface area contributed by atoms with Crippen molar-refractivity contribution in [2.75, 3.05) is 0 Å². The fraction of sp³-hybridized carbons (Fsp3) is 0.138. The van der Waals surface area contributed by atoms with E-state index >= 15 is 0 Å². The molecule has 0 aliphatic rings. The minimum Gasteiger partial charge on any atom is -0.300 e. The molecular formula is C29H24Cl2OS2. The first-order chi connectivity index (χ1) is 16.6. The molecule has 0 aliphatic carbocycles. The van der Waals surface area contributed by atoms with Crippen molar-refractivity contribution in [3.63, 3.8) is 0 Å². The summed E-state index contributed by atoms with van der Waals surface area (Å²) < 4.78 is 0. The maximum Gasteiger partial charge on any atom is 0.135 e. The van der Waals surface area contributed by atoms with E-state index in [1.54, 1.807) is 23.5 Å². The van der Waals surface area contributed by atoms with Gasteiger partial charge in [-0.15, -0.1) is 23.5 Å². The lowest BCUT2D eigenvalue weighted by atomic mass is 10.0. The van der Waals surface area contributed by atoms with E-state index < -0.39 is 0 Å². The molecule has 1 nitrogen and oxygen atoms in total. The molecule has 0 amide bonds. The fourth-order valence-corrected chi connectivity index (χ4v) is 6.26. The molecular weight excluding hydrogens is 499 g/mol. The molecule has 0 heterocycles. The van der Waals surface area contributed by atoms with E-state index in [1.165, 1.54) is 0 Å². The number of benzene rings is 4. The summed E-state index contributed by atoms with van der Waals surface area (Å²) in [5.41, 5.74) is 2.30. The third kappa shape index (κ3) is 7.41. The van der Waals surface area contributed by atoms with Gasteiger partial charge in [0.2, 0.25) is 0 Å². The van der Waals surface area contributed by atoms with Gasteiger partial charge in [0.1, 0.15) is 5.78 Å². The second-order valence-electron chi connectivity index (χ2n) is 7.89. The second-order valence-corrected chi connectivity index (χ2v) is 11.3. The number of carbonyl (C=O) groups excluding carboxylic acids is 1. The highest BCUT2D eigenvalue weighted by atomic mass is 35.5. The molecule has 34 heavy (non-hydrogen) atoms. The summed E-state index contributed by atoms with van der Waals surface area (Å²) in [5, 5.41) is 1.49. The van der Waals surface area contributed by atoms with Crippen molar-refractivity contribution < 1.29 is 4.79 Å². The van der Waals surface area contributed by atoms with Gasteiger partial charge in [-0.05, 0) is 59.7 Å². The predicted octanol–water partition coefficient (Wildman–Crippen LogP) is 9.71. The smallest absolute Gasteiger partial charge is 0.135 e. The lowest BCUT2D eigenvalue weighted by Gasteiger charge is -2.20. The first kappa shape index (κ1) is 24.9. The van der Waals surface area contributed by atoms with Crippen LogP contribution in [0.5, 0.6) is 0 Å². The summed E-state index contributed by atoms with van der Waals surface area (Å²) in [4.78, 5) is 15.6. The van der Waals surface area contributed by atoms with Gasteiger partial charge in [0.15, 0.2) is 0 Å². The molecule has 0 N–H and O–H groups in total. The van der Waals surface area contributed by atoms with Crippen LogP contribution in [0.3, 0.4) is 0 Å². The summed E-state index contributed by atoms with van der Waals surface area (Å²) in [5.74, 6) is 0.241. The molecule has 0 fully saturated rings. The largest absolute Gasteiger partial charge is 0.300 e. The number of hydrogen-bond donors (Lipinski definition) is 0. The van der Waals surface area contributed by atoms with Crippen molar-refractivity contribution in [2.45, 2.75) is 33.1 Å². The van der Waals surface area contributed by atoms with Gasteiger partial charge < -0.3 is 0 Å². The third-order valence-electron chi connectivity index (χ3n) is 5.35. The van der Waals surface area contributed by atoms with Crippen LogP contribution in [0, 0.1) is 0 Å². The Balaban J connectivity index is 1.52. The van der Waals surface area contributed by atoms with Crippen molar-refractivity contribution in [1.29, 1.82) is 0 Å². The summed E-state index contributed by atoms with van der Waals surface area (Å²) in [6, 6.07) is 36.1. The molecule has 5 heteroatoms. The lowest BCUT2D eigenvalue weighted by molar-refractivity contribution is -0.119. The zero-order valence-electron chi connectivity index (χ0n) is 18.4. The van der Waals surface area contributed by atoms with Crippen LogP contribution in [0.2, 0.25) is 10.0 Å². The van der Waals surface area contributed by atoms with Gasteiger partial charge >= 0.3 is 0 Å². The van der Waals surface area contributed by atoms with Gasteiger partial charge in [-0.2, -0.15) is 0 Å². The number of rotatable bonds is 10. The molecule has 0 saturated carbocycles. The fourth-order valence-electron chi connectivity index (χ4n) is 3.64. The Bertz CT molecular complexity index is 1090. The number of ketones is 1. The topological polar surface area (TPSA) is 17.1 Å². The van der Waals surface area contributed by atoms with E-state index in [2.05, 4.69) is 24.3 Å². The van der Waals surface area contributed by atoms with E-state index in [0.717, 1.165) is 20.9 Å². The molecule has 2 unspecified atom stereocenters. The van der Waals surface area contributed by atoms with E-state index in [1.807, 2.05) is 84.9 Å². The van der Waals surface area contributed by atoms with Crippen LogP contribution < -0.4 is 0 Å². The molecule has 0 radical (unpaired) electrons. The molecule has 0 aromatic heterocycles. The highest BCUT2D eigenvalue weighted by Gasteiger charge is 2.22. The van der Waals surface area contributed by atoms with Gasteiger partial charge in [-0.3, -0.25) is 4.79 Å². The molecule has 0 aliphatic heterocycles. The standard InChI is InChI=1S/C29H24Cl2OS2/c30-23-11-15-26(16-12-23)33-28(21-7-3-1-4-8-21)19-25(32)20-29(22-9-5-2-6-10-22)34-27-17-13-24(31)14-18-27/h1-18,28-29H,19-20H2. The Morgan fingerprint density at radius 2 is 0.912 bits per heavy atom. The number of Topliss-reactive ketones (excluding diaryl/α,β-unsaturated/α-hetero) is 1. The molecule has 2 atom stereocenters. The van der Waals surface area contributed by atoms with E-state index in [4.69, 9.17) is 23.2 Å². The van der Waals surface area contributed by atoms with Crippen molar-refractivity contribution >= 4 is 52.5 Å². The van der Waals surface area contributed by atoms with Gasteiger partial charge in [0.05, 0.1) is 0 Å². The summed E-state index contributed by atoms with van der Waals surface area (Å²) in [7, 11) is 0. The number of carbonyl (C=O) groups is 1. The highest BCUT2D eigenvalue weighted by molar-refractivity contribution is 7.99. The summed E-state index contributed by atoms with van der Waals surface area (Å²) in [6.07, 6.45) is 0.920. The Hall–Kier alpha value is -2.17. The Morgan fingerprint density at radius 1 is 0.559 bits per heavy atom. The van der Waals surface area contributed by atoms with Crippen molar-refractivity contribution in [3.05, 3.63) is 130 Å². The summed E-state index contributed by atoms with van der Waals surface area (Å²) >= 11 is 15.5. The third-order valence-corrected chi connectivity index (χ3v) is 8.39. The van der Waals surface area contributed by atoms with Crippen LogP contribution in [0.25, 0.3) is 0 Å². The average Bonchev–Trinajstić information content (AvgIpc) is 2.87. The van der Waals surface area contributed by atoms with Gasteiger partial charge in [0, 0.05) is 43.2 Å². The molecule has 0 bridgehead atoms. The first-order valence-electron chi connectivity index (χ1n) is 11.0. The van der Waals surface area contributed by atoms with Crippen LogP contribution in [-0.4, -0.2) is 5.78 Å². The zero-order valence-corrected chi connectivity index (χ0v) is 21.6. The lowest BCUT2D eigenvalue weighted by Crippen LogP contribution is -2.09. The summed E-state index contributed by atoms with van der Waals surface area (Å²) in [6.45, 7) is 0. The van der Waals surface area contributed by atoms with Gasteiger partial charge in [-0.25, -0.2) is 0 Å². The van der Waals surface area contributed by atoms with Crippen LogP contribution in [0.1, 0.15) is 34.5 Å². The average molecular weight is 524 g/mol. The van der Waals surface area contributed by atoms with Crippen LogP contribution in [0.15, 0.2) is 119 Å². The van der Waals surface area contributed by atoms with E-state index in [0.29, 0.717) is 22.9 Å². The van der Waals surface area contributed by atoms with Crippen LogP contribution >= 0.6 is 46.7 Å². The number of halogens is 2. The Kier molecular flexibility index (Phi) is 9.18. The maximum absolute atomic E-state index is 13.4. The minimum absolute atomic E-state index is 0.0341. The predicted molar refractivity (Wildman–Crippen MR) is 147 cm³/mol. The van der Waals surface area contributed by atoms with Gasteiger partial charge in [-0.1, -0.05) is 83.9 Å². The van der Waals surface area contributed by atoms with E-state index in [9.17, 15) is 4.79 Å². The van der Waals surface area contributed by atoms with Crippen molar-refractivity contribution in [1.82, 2.24) is 0 Å². The molecule has 4 aromatic rings. The number of thioether (sulfide) groups is 2. The normalized spacial score (nSPS) is 12.8. The number of hydrogen-bond acceptors (Lipinski definition) is 3. The SMILES string of the molecule is O=C(CC(Sc1ccc(Cl)cc1)c1ccccc1)CC(Sc1ccc(Cl)cc1)c1ccccc1.